The number of benzene rings is 2. The number of hydroxylamine groups is 1. The Labute approximate surface area is 212 Å². The SMILES string of the molecule is CONC(=O)C[C@H]1CN(S(=O)(=O)c2cccc(C(F)(F)F)c2)c2cc(CC(=O)OC(C)(C)C)ccc2O1. The second-order valence-electron chi connectivity index (χ2n) is 9.30. The Morgan fingerprint density at radius 1 is 1.14 bits per heavy atom. The molecule has 2 aromatic carbocycles. The number of anilines is 1. The fraction of sp³-hybridized carbons (Fsp3) is 0.417. The summed E-state index contributed by atoms with van der Waals surface area (Å²) in [4.78, 5) is 28.3. The molecule has 13 heteroatoms. The number of ether oxygens (including phenoxy) is 2. The predicted octanol–water partition coefficient (Wildman–Crippen LogP) is 3.61. The Kier molecular flexibility index (Phi) is 8.08. The zero-order valence-corrected chi connectivity index (χ0v) is 21.4. The van der Waals surface area contributed by atoms with Gasteiger partial charge in [-0.2, -0.15) is 13.2 Å². The highest BCUT2D eigenvalue weighted by atomic mass is 32.2. The van der Waals surface area contributed by atoms with Crippen molar-refractivity contribution in [3.05, 3.63) is 53.6 Å². The lowest BCUT2D eigenvalue weighted by Crippen LogP contribution is -2.45. The lowest BCUT2D eigenvalue weighted by molar-refractivity contribution is -0.154. The second kappa shape index (κ2) is 10.6. The maximum Gasteiger partial charge on any atom is 0.416 e. The van der Waals surface area contributed by atoms with Gasteiger partial charge >= 0.3 is 12.1 Å². The summed E-state index contributed by atoms with van der Waals surface area (Å²) in [5.74, 6) is -1.07. The van der Waals surface area contributed by atoms with E-state index in [1.165, 1.54) is 25.3 Å². The van der Waals surface area contributed by atoms with E-state index in [4.69, 9.17) is 9.47 Å². The largest absolute Gasteiger partial charge is 0.486 e. The number of alkyl halides is 3. The Balaban J connectivity index is 2.03. The van der Waals surface area contributed by atoms with Crippen molar-refractivity contribution >= 4 is 27.6 Å². The molecule has 0 spiro atoms. The van der Waals surface area contributed by atoms with Crippen molar-refractivity contribution < 1.29 is 45.5 Å². The average Bonchev–Trinajstić information content (AvgIpc) is 2.77. The van der Waals surface area contributed by atoms with E-state index >= 15 is 0 Å². The minimum absolute atomic E-state index is 0.0156. The van der Waals surface area contributed by atoms with Crippen LogP contribution in [0.25, 0.3) is 0 Å². The van der Waals surface area contributed by atoms with E-state index in [9.17, 15) is 31.2 Å². The van der Waals surface area contributed by atoms with E-state index in [1.807, 2.05) is 0 Å². The minimum Gasteiger partial charge on any atom is -0.486 e. The third-order valence-corrected chi connectivity index (χ3v) is 6.88. The number of fused-ring (bicyclic) bond motifs is 1. The first kappa shape index (κ1) is 28.3. The summed E-state index contributed by atoms with van der Waals surface area (Å²) in [6.45, 7) is 4.73. The van der Waals surface area contributed by atoms with Crippen molar-refractivity contribution in [2.75, 3.05) is 18.0 Å². The van der Waals surface area contributed by atoms with Crippen molar-refractivity contribution in [3.63, 3.8) is 0 Å². The van der Waals surface area contributed by atoms with Crippen LogP contribution < -0.4 is 14.5 Å². The fourth-order valence-corrected chi connectivity index (χ4v) is 5.21. The summed E-state index contributed by atoms with van der Waals surface area (Å²) < 4.78 is 79.0. The minimum atomic E-state index is -4.75. The lowest BCUT2D eigenvalue weighted by atomic mass is 10.1. The van der Waals surface area contributed by atoms with Crippen LogP contribution >= 0.6 is 0 Å². The van der Waals surface area contributed by atoms with Gasteiger partial charge in [0, 0.05) is 0 Å². The van der Waals surface area contributed by atoms with E-state index in [-0.39, 0.29) is 30.8 Å². The van der Waals surface area contributed by atoms with Crippen LogP contribution in [-0.2, 0) is 41.8 Å². The molecular weight excluding hydrogens is 517 g/mol. The van der Waals surface area contributed by atoms with Gasteiger partial charge in [-0.1, -0.05) is 12.1 Å². The van der Waals surface area contributed by atoms with E-state index in [0.29, 0.717) is 11.6 Å². The number of hydrogen-bond acceptors (Lipinski definition) is 7. The molecule has 1 atom stereocenters. The van der Waals surface area contributed by atoms with Gasteiger partial charge in [-0.3, -0.25) is 18.7 Å². The highest BCUT2D eigenvalue weighted by Gasteiger charge is 2.38. The average molecular weight is 545 g/mol. The van der Waals surface area contributed by atoms with Crippen LogP contribution in [0.15, 0.2) is 47.4 Å². The zero-order chi connectivity index (χ0) is 27.6. The number of carbonyl (C=O) groups excluding carboxylic acids is 2. The molecule has 1 heterocycles. The predicted molar refractivity (Wildman–Crippen MR) is 126 cm³/mol. The molecule has 1 aliphatic heterocycles. The number of nitrogens with zero attached hydrogens (tertiary/aromatic N) is 1. The van der Waals surface area contributed by atoms with Crippen molar-refractivity contribution in [3.8, 4) is 5.75 Å². The fourth-order valence-electron chi connectivity index (χ4n) is 3.67. The number of amides is 1. The molecule has 1 aliphatic rings. The van der Waals surface area contributed by atoms with Gasteiger partial charge in [-0.05, 0) is 56.7 Å². The lowest BCUT2D eigenvalue weighted by Gasteiger charge is -2.35. The molecule has 1 amide bonds. The van der Waals surface area contributed by atoms with Crippen LogP contribution in [0.2, 0.25) is 0 Å². The number of carbonyl (C=O) groups is 2. The van der Waals surface area contributed by atoms with Gasteiger partial charge in [0.15, 0.2) is 0 Å². The maximum atomic E-state index is 13.6. The number of esters is 1. The Morgan fingerprint density at radius 3 is 2.46 bits per heavy atom. The quantitative estimate of drug-likeness (QED) is 0.419. The first-order valence-corrected chi connectivity index (χ1v) is 12.6. The molecule has 0 fully saturated rings. The second-order valence-corrected chi connectivity index (χ2v) is 11.2. The van der Waals surface area contributed by atoms with Gasteiger partial charge in [0.2, 0.25) is 5.91 Å². The maximum absolute atomic E-state index is 13.6. The smallest absolute Gasteiger partial charge is 0.416 e. The highest BCUT2D eigenvalue weighted by Crippen LogP contribution is 2.39. The molecule has 0 unspecified atom stereocenters. The van der Waals surface area contributed by atoms with Gasteiger partial charge in [-0.25, -0.2) is 13.9 Å². The third-order valence-electron chi connectivity index (χ3n) is 5.10. The van der Waals surface area contributed by atoms with Crippen molar-refractivity contribution in [2.24, 2.45) is 0 Å². The summed E-state index contributed by atoms with van der Waals surface area (Å²) in [7, 11) is -3.31. The third kappa shape index (κ3) is 7.13. The van der Waals surface area contributed by atoms with E-state index in [1.54, 1.807) is 20.8 Å². The highest BCUT2D eigenvalue weighted by molar-refractivity contribution is 7.92. The van der Waals surface area contributed by atoms with Gasteiger partial charge < -0.3 is 9.47 Å². The summed E-state index contributed by atoms with van der Waals surface area (Å²) in [5.41, 5.74) is 0.666. The molecule has 37 heavy (non-hydrogen) atoms. The van der Waals surface area contributed by atoms with E-state index in [0.717, 1.165) is 22.5 Å². The summed E-state index contributed by atoms with van der Waals surface area (Å²) in [6.07, 6.45) is -6.20. The molecule has 2 aromatic rings. The molecule has 0 aliphatic carbocycles. The zero-order valence-electron chi connectivity index (χ0n) is 20.6. The van der Waals surface area contributed by atoms with Crippen LogP contribution in [0.3, 0.4) is 0 Å². The first-order chi connectivity index (χ1) is 17.1. The summed E-state index contributed by atoms with van der Waals surface area (Å²) in [5, 5.41) is 0. The number of sulfonamides is 1. The number of nitrogens with one attached hydrogen (secondary N) is 1. The molecule has 0 saturated heterocycles. The van der Waals surface area contributed by atoms with Gasteiger partial charge in [0.25, 0.3) is 10.0 Å². The Bertz CT molecular complexity index is 1270. The molecule has 202 valence electrons. The number of rotatable bonds is 7. The molecule has 9 nitrogen and oxygen atoms in total. The van der Waals surface area contributed by atoms with Crippen LogP contribution in [0.1, 0.15) is 38.3 Å². The topological polar surface area (TPSA) is 111 Å². The summed E-state index contributed by atoms with van der Waals surface area (Å²) >= 11 is 0. The van der Waals surface area contributed by atoms with Crippen molar-refractivity contribution in [1.82, 2.24) is 5.48 Å². The first-order valence-electron chi connectivity index (χ1n) is 11.1. The summed E-state index contributed by atoms with van der Waals surface area (Å²) in [6, 6.07) is 7.73. The standard InChI is InChI=1S/C24H27F3N2O7S/c1-23(2,3)36-22(31)11-15-8-9-20-19(10-15)29(14-17(35-20)13-21(30)28-34-4)37(32,33)18-7-5-6-16(12-18)24(25,26)27/h5-10,12,17H,11,13-14H2,1-4H3,(H,28,30)/t17-/m0/s1. The van der Waals surface area contributed by atoms with Gasteiger partial charge in [0.05, 0.1) is 42.6 Å². The molecule has 0 aromatic heterocycles. The van der Waals surface area contributed by atoms with Gasteiger partial charge in [-0.15, -0.1) is 0 Å². The van der Waals surface area contributed by atoms with E-state index < -0.39 is 50.2 Å². The number of hydrogen-bond donors (Lipinski definition) is 1. The normalized spacial score (nSPS) is 16.0. The van der Waals surface area contributed by atoms with Crippen LogP contribution in [0, 0.1) is 0 Å². The Hall–Kier alpha value is -3.32. The molecule has 0 saturated carbocycles. The van der Waals surface area contributed by atoms with Crippen LogP contribution in [-0.4, -0.2) is 45.7 Å². The van der Waals surface area contributed by atoms with Crippen molar-refractivity contribution in [2.45, 2.75) is 56.4 Å². The van der Waals surface area contributed by atoms with E-state index in [2.05, 4.69) is 10.3 Å². The monoisotopic (exact) mass is 544 g/mol. The number of halogens is 3. The van der Waals surface area contributed by atoms with Crippen molar-refractivity contribution in [1.29, 1.82) is 0 Å². The molecular formula is C24H27F3N2O7S. The molecule has 3 rings (SSSR count). The molecule has 0 radical (unpaired) electrons. The van der Waals surface area contributed by atoms with Crippen LogP contribution in [0.5, 0.6) is 5.75 Å². The van der Waals surface area contributed by atoms with Gasteiger partial charge in [0.1, 0.15) is 17.5 Å². The van der Waals surface area contributed by atoms with Crippen LogP contribution in [0.4, 0.5) is 18.9 Å². The molecule has 0 bridgehead atoms. The molecule has 1 N–H and O–H groups in total. The Morgan fingerprint density at radius 2 is 1.84 bits per heavy atom.